The SMILES string of the molecule is CNC(=O)C1(COC)CCCN1Cc1ccc2c(c1)nnn2C. The van der Waals surface area contributed by atoms with E-state index >= 15 is 0 Å². The summed E-state index contributed by atoms with van der Waals surface area (Å²) in [5.74, 6) is 0.0254. The second kappa shape index (κ2) is 6.25. The molecule has 1 saturated heterocycles. The lowest BCUT2D eigenvalue weighted by molar-refractivity contribution is -0.135. The van der Waals surface area contributed by atoms with Crippen molar-refractivity contribution >= 4 is 16.9 Å². The molecule has 1 N–H and O–H groups in total. The van der Waals surface area contributed by atoms with Gasteiger partial charge in [0.05, 0.1) is 12.1 Å². The summed E-state index contributed by atoms with van der Waals surface area (Å²) in [6, 6.07) is 6.14. The number of nitrogens with one attached hydrogen (secondary N) is 1. The summed E-state index contributed by atoms with van der Waals surface area (Å²) in [7, 11) is 5.21. The number of hydrogen-bond donors (Lipinski definition) is 1. The predicted molar refractivity (Wildman–Crippen MR) is 86.8 cm³/mol. The number of benzene rings is 1. The molecule has 1 aromatic heterocycles. The average molecular weight is 317 g/mol. The van der Waals surface area contributed by atoms with Crippen molar-refractivity contribution in [3.8, 4) is 0 Å². The summed E-state index contributed by atoms with van der Waals surface area (Å²) in [4.78, 5) is 14.7. The Morgan fingerprint density at radius 3 is 3.04 bits per heavy atom. The van der Waals surface area contributed by atoms with Gasteiger partial charge in [0.2, 0.25) is 5.91 Å². The zero-order valence-corrected chi connectivity index (χ0v) is 13.9. The molecule has 1 atom stereocenters. The Bertz CT molecular complexity index is 714. The number of methoxy groups -OCH3 is 1. The maximum absolute atomic E-state index is 12.5. The number of ether oxygens (including phenoxy) is 1. The maximum atomic E-state index is 12.5. The molecule has 23 heavy (non-hydrogen) atoms. The van der Waals surface area contributed by atoms with Gasteiger partial charge in [-0.3, -0.25) is 9.69 Å². The van der Waals surface area contributed by atoms with Crippen LogP contribution in [0.15, 0.2) is 18.2 Å². The first-order valence-corrected chi connectivity index (χ1v) is 7.85. The molecule has 124 valence electrons. The highest BCUT2D eigenvalue weighted by atomic mass is 16.5. The highest BCUT2D eigenvalue weighted by Crippen LogP contribution is 2.32. The minimum atomic E-state index is -0.583. The first kappa shape index (κ1) is 15.9. The second-order valence-corrected chi connectivity index (χ2v) is 6.10. The van der Waals surface area contributed by atoms with E-state index in [4.69, 9.17) is 4.74 Å². The van der Waals surface area contributed by atoms with Gasteiger partial charge in [-0.25, -0.2) is 4.68 Å². The van der Waals surface area contributed by atoms with Crippen LogP contribution in [-0.4, -0.2) is 58.6 Å². The standard InChI is InChI=1S/C16H23N5O2/c1-17-15(22)16(11-23-3)7-4-8-21(16)10-12-5-6-14-13(9-12)18-19-20(14)2/h5-6,9H,4,7-8,10-11H2,1-3H3,(H,17,22). The van der Waals surface area contributed by atoms with E-state index in [0.29, 0.717) is 13.2 Å². The van der Waals surface area contributed by atoms with Crippen molar-refractivity contribution in [2.24, 2.45) is 7.05 Å². The zero-order chi connectivity index (χ0) is 16.4. The molecule has 7 heteroatoms. The monoisotopic (exact) mass is 317 g/mol. The highest BCUT2D eigenvalue weighted by molar-refractivity contribution is 5.86. The Hall–Kier alpha value is -1.99. The molecular weight excluding hydrogens is 294 g/mol. The molecule has 1 aliphatic heterocycles. The number of likely N-dealkylation sites (N-methyl/N-ethyl adjacent to an activating group) is 1. The van der Waals surface area contributed by atoms with Gasteiger partial charge in [-0.15, -0.1) is 5.10 Å². The molecule has 7 nitrogen and oxygen atoms in total. The van der Waals surface area contributed by atoms with Crippen molar-refractivity contribution in [3.63, 3.8) is 0 Å². The smallest absolute Gasteiger partial charge is 0.242 e. The number of rotatable bonds is 5. The lowest BCUT2D eigenvalue weighted by Crippen LogP contribution is -2.57. The Morgan fingerprint density at radius 2 is 2.30 bits per heavy atom. The maximum Gasteiger partial charge on any atom is 0.242 e. The number of hydrogen-bond acceptors (Lipinski definition) is 5. The first-order valence-electron chi connectivity index (χ1n) is 7.85. The summed E-state index contributed by atoms with van der Waals surface area (Å²) in [5.41, 5.74) is 2.43. The largest absolute Gasteiger partial charge is 0.382 e. The van der Waals surface area contributed by atoms with E-state index < -0.39 is 5.54 Å². The number of aryl methyl sites for hydroxylation is 1. The van der Waals surface area contributed by atoms with Crippen LogP contribution in [-0.2, 0) is 23.1 Å². The fourth-order valence-corrected chi connectivity index (χ4v) is 3.53. The molecule has 3 rings (SSSR count). The van der Waals surface area contributed by atoms with Gasteiger partial charge in [0, 0.05) is 27.7 Å². The van der Waals surface area contributed by atoms with E-state index in [2.05, 4.69) is 26.6 Å². The van der Waals surface area contributed by atoms with E-state index in [-0.39, 0.29) is 5.91 Å². The van der Waals surface area contributed by atoms with Crippen molar-refractivity contribution in [3.05, 3.63) is 23.8 Å². The van der Waals surface area contributed by atoms with Gasteiger partial charge in [0.1, 0.15) is 11.1 Å². The molecule has 1 unspecified atom stereocenters. The van der Waals surface area contributed by atoms with Crippen molar-refractivity contribution in [1.29, 1.82) is 0 Å². The van der Waals surface area contributed by atoms with Crippen LogP contribution in [0.5, 0.6) is 0 Å². The number of fused-ring (bicyclic) bond motifs is 1. The topological polar surface area (TPSA) is 72.3 Å². The fourth-order valence-electron chi connectivity index (χ4n) is 3.53. The first-order chi connectivity index (χ1) is 11.1. The summed E-state index contributed by atoms with van der Waals surface area (Å²) in [6.07, 6.45) is 1.80. The predicted octanol–water partition coefficient (Wildman–Crippen LogP) is 0.695. The molecule has 0 spiro atoms. The van der Waals surface area contributed by atoms with E-state index in [0.717, 1.165) is 36.0 Å². The summed E-state index contributed by atoms with van der Waals surface area (Å²) >= 11 is 0. The molecule has 2 aromatic rings. The third-order valence-electron chi connectivity index (χ3n) is 4.71. The Labute approximate surface area is 135 Å². The molecule has 0 aliphatic carbocycles. The van der Waals surface area contributed by atoms with Gasteiger partial charge in [-0.1, -0.05) is 11.3 Å². The van der Waals surface area contributed by atoms with Crippen LogP contribution in [0.1, 0.15) is 18.4 Å². The Kier molecular flexibility index (Phi) is 4.32. The van der Waals surface area contributed by atoms with Crippen LogP contribution in [0.3, 0.4) is 0 Å². The number of aromatic nitrogens is 3. The summed E-state index contributed by atoms with van der Waals surface area (Å²) in [6.45, 7) is 1.98. The van der Waals surface area contributed by atoms with Crippen molar-refractivity contribution in [2.45, 2.75) is 24.9 Å². The summed E-state index contributed by atoms with van der Waals surface area (Å²) < 4.78 is 7.12. The normalized spacial score (nSPS) is 21.9. The van der Waals surface area contributed by atoms with Crippen LogP contribution >= 0.6 is 0 Å². The third kappa shape index (κ3) is 2.70. The summed E-state index contributed by atoms with van der Waals surface area (Å²) in [5, 5.41) is 11.0. The van der Waals surface area contributed by atoms with E-state index in [9.17, 15) is 4.79 Å². The Balaban J connectivity index is 1.87. The molecular formula is C16H23N5O2. The zero-order valence-electron chi connectivity index (χ0n) is 13.9. The van der Waals surface area contributed by atoms with Gasteiger partial charge >= 0.3 is 0 Å². The van der Waals surface area contributed by atoms with Crippen LogP contribution in [0, 0.1) is 0 Å². The van der Waals surface area contributed by atoms with Crippen molar-refractivity contribution in [1.82, 2.24) is 25.2 Å². The molecule has 0 saturated carbocycles. The van der Waals surface area contributed by atoms with E-state index in [1.807, 2.05) is 19.2 Å². The van der Waals surface area contributed by atoms with E-state index in [1.165, 1.54) is 0 Å². The van der Waals surface area contributed by atoms with Crippen LogP contribution in [0.4, 0.5) is 0 Å². The minimum Gasteiger partial charge on any atom is -0.382 e. The lowest BCUT2D eigenvalue weighted by atomic mass is 9.95. The van der Waals surface area contributed by atoms with Gasteiger partial charge in [-0.05, 0) is 37.1 Å². The van der Waals surface area contributed by atoms with Crippen LogP contribution in [0.2, 0.25) is 0 Å². The number of likely N-dealkylation sites (tertiary alicyclic amines) is 1. The number of nitrogens with zero attached hydrogens (tertiary/aromatic N) is 4. The number of carbonyl (C=O) groups excluding carboxylic acids is 1. The molecule has 0 radical (unpaired) electrons. The van der Waals surface area contributed by atoms with Crippen LogP contribution in [0.25, 0.3) is 11.0 Å². The lowest BCUT2D eigenvalue weighted by Gasteiger charge is -2.36. The third-order valence-corrected chi connectivity index (χ3v) is 4.71. The molecule has 0 bridgehead atoms. The Morgan fingerprint density at radius 1 is 1.48 bits per heavy atom. The average Bonchev–Trinajstić information content (AvgIpc) is 3.12. The fraction of sp³-hybridized carbons (Fsp3) is 0.562. The van der Waals surface area contributed by atoms with Crippen LogP contribution < -0.4 is 5.32 Å². The molecule has 2 heterocycles. The minimum absolute atomic E-state index is 0.0254. The molecule has 1 aromatic carbocycles. The molecule has 1 aliphatic rings. The van der Waals surface area contributed by atoms with Gasteiger partial charge in [0.15, 0.2) is 0 Å². The number of amides is 1. The highest BCUT2D eigenvalue weighted by Gasteiger charge is 2.46. The van der Waals surface area contributed by atoms with Crippen molar-refractivity contribution in [2.75, 3.05) is 27.3 Å². The second-order valence-electron chi connectivity index (χ2n) is 6.10. The molecule has 1 amide bonds. The van der Waals surface area contributed by atoms with E-state index in [1.54, 1.807) is 18.8 Å². The van der Waals surface area contributed by atoms with Gasteiger partial charge in [-0.2, -0.15) is 0 Å². The van der Waals surface area contributed by atoms with Crippen molar-refractivity contribution < 1.29 is 9.53 Å². The van der Waals surface area contributed by atoms with Gasteiger partial charge in [0.25, 0.3) is 0 Å². The van der Waals surface area contributed by atoms with Gasteiger partial charge < -0.3 is 10.1 Å². The number of carbonyl (C=O) groups is 1. The molecule has 1 fully saturated rings. The quantitative estimate of drug-likeness (QED) is 0.879.